The van der Waals surface area contributed by atoms with E-state index in [4.69, 9.17) is 0 Å². The number of nitrogens with one attached hydrogen (secondary N) is 4. The highest BCUT2D eigenvalue weighted by molar-refractivity contribution is 7.58. The molecule has 0 aromatic rings. The minimum absolute atomic E-state index is 0.0395. The quantitative estimate of drug-likeness (QED) is 0.168. The van der Waals surface area contributed by atoms with Crippen LogP contribution in [0.3, 0.4) is 0 Å². The average Bonchev–Trinajstić information content (AvgIpc) is 3.35. The molecule has 12 nitrogen and oxygen atoms in total. The molecule has 0 aliphatic carbocycles. The van der Waals surface area contributed by atoms with E-state index in [2.05, 4.69) is 21.3 Å². The smallest absolute Gasteiger partial charge is 0.243 e. The molecule has 1 aliphatic rings. The fraction of sp³-hybridized carbons (Fsp3) is 0.821. The van der Waals surface area contributed by atoms with Gasteiger partial charge in [0.25, 0.3) is 0 Å². The second-order valence-corrected chi connectivity index (χ2v) is 14.8. The standard InChI is InChI=1S/C28H52N5O7P/c1-17(2)12-21(25(35)31-22(13-18(3)4)26(36)29-8)15-41(39,40)16-30-27(37)23(14-19(5)6)32-28(38)24-10-9-11-33(24)20(7)34/h17-19,21-24H,9-16H2,1-8H3,(H,29,36)(H,30,37)(H,31,35)(H,32,38)(H,39,40)/t21-,22+,23+,24-/m1/s1. The van der Waals surface area contributed by atoms with Crippen molar-refractivity contribution < 1.29 is 33.4 Å². The SMILES string of the molecule is CNC(=O)[C@H](CC(C)C)NC(=O)[C@H](CC(C)C)CP(=O)(O)CNC(=O)[C@H](CC(C)C)NC(=O)[C@H]1CCCN1C(C)=O. The van der Waals surface area contributed by atoms with Gasteiger partial charge in [0.15, 0.2) is 0 Å². The van der Waals surface area contributed by atoms with Crippen molar-refractivity contribution in [3.63, 3.8) is 0 Å². The lowest BCUT2D eigenvalue weighted by Gasteiger charge is -2.27. The number of nitrogens with zero attached hydrogens (tertiary/aromatic N) is 1. The van der Waals surface area contributed by atoms with Crippen LogP contribution in [0, 0.1) is 23.7 Å². The van der Waals surface area contributed by atoms with Gasteiger partial charge in [0.2, 0.25) is 36.9 Å². The van der Waals surface area contributed by atoms with Crippen LogP contribution in [0.15, 0.2) is 0 Å². The molecular formula is C28H52N5O7P. The van der Waals surface area contributed by atoms with E-state index in [-0.39, 0.29) is 35.7 Å². The van der Waals surface area contributed by atoms with Gasteiger partial charge in [-0.05, 0) is 49.9 Å². The Kier molecular flexibility index (Phi) is 15.0. The Labute approximate surface area is 245 Å². The maximum atomic E-state index is 13.2. The first kappa shape index (κ1) is 36.6. The summed E-state index contributed by atoms with van der Waals surface area (Å²) in [6.07, 6.45) is 1.31. The predicted molar refractivity (Wildman–Crippen MR) is 158 cm³/mol. The zero-order valence-corrected chi connectivity index (χ0v) is 26.9. The van der Waals surface area contributed by atoms with Gasteiger partial charge in [-0.25, -0.2) is 0 Å². The zero-order chi connectivity index (χ0) is 31.5. The third-order valence-corrected chi connectivity index (χ3v) is 8.68. The molecule has 1 rings (SSSR count). The number of carbonyl (C=O) groups excluding carboxylic acids is 5. The van der Waals surface area contributed by atoms with Gasteiger partial charge in [-0.3, -0.25) is 28.5 Å². The monoisotopic (exact) mass is 601 g/mol. The van der Waals surface area contributed by atoms with Gasteiger partial charge in [-0.1, -0.05) is 41.5 Å². The Hall–Kier alpha value is -2.46. The molecule has 1 fully saturated rings. The van der Waals surface area contributed by atoms with Crippen molar-refractivity contribution in [3.8, 4) is 0 Å². The van der Waals surface area contributed by atoms with Crippen molar-refractivity contribution >= 4 is 36.9 Å². The molecule has 0 aromatic carbocycles. The highest BCUT2D eigenvalue weighted by atomic mass is 31.2. The number of carbonyl (C=O) groups is 5. The van der Waals surface area contributed by atoms with Gasteiger partial charge in [0, 0.05) is 32.6 Å². The second-order valence-electron chi connectivity index (χ2n) is 12.4. The van der Waals surface area contributed by atoms with Gasteiger partial charge >= 0.3 is 0 Å². The van der Waals surface area contributed by atoms with E-state index in [1.165, 1.54) is 18.9 Å². The minimum Gasteiger partial charge on any atom is -0.357 e. The van der Waals surface area contributed by atoms with Gasteiger partial charge < -0.3 is 31.1 Å². The summed E-state index contributed by atoms with van der Waals surface area (Å²) in [5, 5.41) is 10.5. The molecule has 236 valence electrons. The summed E-state index contributed by atoms with van der Waals surface area (Å²) in [6.45, 7) is 13.3. The molecule has 1 aliphatic heterocycles. The molecule has 0 radical (unpaired) electrons. The van der Waals surface area contributed by atoms with E-state index in [1.54, 1.807) is 0 Å². The molecular weight excluding hydrogens is 549 g/mol. The third-order valence-electron chi connectivity index (χ3n) is 7.02. The van der Waals surface area contributed by atoms with E-state index in [9.17, 15) is 33.4 Å². The van der Waals surface area contributed by atoms with Crippen LogP contribution in [0.4, 0.5) is 0 Å². The average molecular weight is 602 g/mol. The molecule has 1 heterocycles. The summed E-state index contributed by atoms with van der Waals surface area (Å²) in [4.78, 5) is 75.7. The van der Waals surface area contributed by atoms with Crippen LogP contribution >= 0.6 is 7.37 Å². The second kappa shape index (κ2) is 16.9. The summed E-state index contributed by atoms with van der Waals surface area (Å²) in [7, 11) is -2.54. The van der Waals surface area contributed by atoms with E-state index >= 15 is 0 Å². The topological polar surface area (TPSA) is 174 Å². The Bertz CT molecular complexity index is 971. The summed E-state index contributed by atoms with van der Waals surface area (Å²) >= 11 is 0. The first-order chi connectivity index (χ1) is 19.0. The predicted octanol–water partition coefficient (Wildman–Crippen LogP) is 1.81. The molecule has 1 saturated heterocycles. The maximum absolute atomic E-state index is 13.2. The summed E-state index contributed by atoms with van der Waals surface area (Å²) in [6, 6.07) is -2.36. The molecule has 5 atom stereocenters. The van der Waals surface area contributed by atoms with Gasteiger partial charge in [0.05, 0.1) is 6.29 Å². The number of likely N-dealkylation sites (tertiary alicyclic amines) is 1. The summed E-state index contributed by atoms with van der Waals surface area (Å²) in [5.74, 6) is -2.67. The first-order valence-electron chi connectivity index (χ1n) is 14.6. The van der Waals surface area contributed by atoms with Crippen molar-refractivity contribution in [3.05, 3.63) is 0 Å². The van der Waals surface area contributed by atoms with Crippen molar-refractivity contribution in [1.29, 1.82) is 0 Å². The highest BCUT2D eigenvalue weighted by Gasteiger charge is 2.36. The molecule has 0 spiro atoms. The van der Waals surface area contributed by atoms with Crippen LogP contribution in [0.1, 0.15) is 80.6 Å². The van der Waals surface area contributed by atoms with Crippen molar-refractivity contribution in [2.24, 2.45) is 23.7 Å². The number of rotatable bonds is 16. The van der Waals surface area contributed by atoms with E-state index in [1.807, 2.05) is 41.5 Å². The lowest BCUT2D eigenvalue weighted by Crippen LogP contribution is -2.53. The molecule has 0 bridgehead atoms. The largest absolute Gasteiger partial charge is 0.357 e. The molecule has 0 saturated carbocycles. The Morgan fingerprint density at radius 2 is 1.39 bits per heavy atom. The van der Waals surface area contributed by atoms with Crippen LogP contribution in [-0.4, -0.2) is 83.5 Å². The molecule has 13 heteroatoms. The van der Waals surface area contributed by atoms with E-state index < -0.39 is 55.4 Å². The minimum atomic E-state index is -4.02. The molecule has 41 heavy (non-hydrogen) atoms. The molecule has 5 amide bonds. The summed E-state index contributed by atoms with van der Waals surface area (Å²) < 4.78 is 13.2. The van der Waals surface area contributed by atoms with E-state index in [0.29, 0.717) is 38.6 Å². The van der Waals surface area contributed by atoms with Gasteiger partial charge in [-0.2, -0.15) is 0 Å². The van der Waals surface area contributed by atoms with Crippen molar-refractivity contribution in [1.82, 2.24) is 26.2 Å². The van der Waals surface area contributed by atoms with Crippen LogP contribution in [-0.2, 0) is 28.5 Å². The molecule has 0 aromatic heterocycles. The number of hydrogen-bond acceptors (Lipinski definition) is 6. The Balaban J connectivity index is 2.94. The lowest BCUT2D eigenvalue weighted by molar-refractivity contribution is -0.138. The van der Waals surface area contributed by atoms with Crippen molar-refractivity contribution in [2.45, 2.75) is 98.7 Å². The lowest BCUT2D eigenvalue weighted by atomic mass is 9.96. The van der Waals surface area contributed by atoms with E-state index in [0.717, 1.165) is 0 Å². The Morgan fingerprint density at radius 1 is 0.854 bits per heavy atom. The number of amides is 5. The normalized spacial score (nSPS) is 18.9. The van der Waals surface area contributed by atoms with Gasteiger partial charge in [0.1, 0.15) is 18.1 Å². The van der Waals surface area contributed by atoms with Crippen LogP contribution in [0.2, 0.25) is 0 Å². The van der Waals surface area contributed by atoms with Crippen LogP contribution in [0.5, 0.6) is 0 Å². The number of likely N-dealkylation sites (N-methyl/N-ethyl adjacent to an activating group) is 1. The fourth-order valence-corrected chi connectivity index (χ4v) is 6.66. The van der Waals surface area contributed by atoms with Crippen LogP contribution < -0.4 is 21.3 Å². The number of hydrogen-bond donors (Lipinski definition) is 5. The van der Waals surface area contributed by atoms with Gasteiger partial charge in [-0.15, -0.1) is 0 Å². The summed E-state index contributed by atoms with van der Waals surface area (Å²) in [5.41, 5.74) is 0. The fourth-order valence-electron chi connectivity index (χ4n) is 5.12. The zero-order valence-electron chi connectivity index (χ0n) is 26.0. The molecule has 1 unspecified atom stereocenters. The Morgan fingerprint density at radius 3 is 1.88 bits per heavy atom. The first-order valence-corrected chi connectivity index (χ1v) is 16.7. The molecule has 5 N–H and O–H groups in total. The highest BCUT2D eigenvalue weighted by Crippen LogP contribution is 2.42. The third kappa shape index (κ3) is 12.9. The van der Waals surface area contributed by atoms with Crippen LogP contribution in [0.25, 0.3) is 0 Å². The van der Waals surface area contributed by atoms with Crippen molar-refractivity contribution in [2.75, 3.05) is 26.0 Å². The maximum Gasteiger partial charge on any atom is 0.243 e.